The maximum absolute atomic E-state index is 10.8. The van der Waals surface area contributed by atoms with E-state index in [0.29, 0.717) is 17.4 Å². The first kappa shape index (κ1) is 13.9. The van der Waals surface area contributed by atoms with E-state index in [4.69, 9.17) is 5.73 Å². The third-order valence-electron chi connectivity index (χ3n) is 2.94. The Morgan fingerprint density at radius 3 is 2.33 bits per heavy atom. The Labute approximate surface area is 93.2 Å². The van der Waals surface area contributed by atoms with Crippen LogP contribution in [0.25, 0.3) is 0 Å². The Morgan fingerprint density at radius 2 is 1.93 bits per heavy atom. The number of carbonyl (C=O) groups is 1. The van der Waals surface area contributed by atoms with E-state index in [1.165, 1.54) is 6.42 Å². The summed E-state index contributed by atoms with van der Waals surface area (Å²) in [5.74, 6) is 0.927. The number of nitrogens with two attached hydrogens (primary N) is 1. The smallest absolute Gasteiger partial charge is 0.244 e. The van der Waals surface area contributed by atoms with E-state index in [-0.39, 0.29) is 5.91 Å². The highest BCUT2D eigenvalue weighted by atomic mass is 16.1. The molecule has 15 heavy (non-hydrogen) atoms. The predicted molar refractivity (Wildman–Crippen MR) is 65.3 cm³/mol. The van der Waals surface area contributed by atoms with Gasteiger partial charge in [0.05, 0.1) is 0 Å². The average molecular weight is 209 g/mol. The molecule has 2 nitrogen and oxygen atoms in total. The van der Waals surface area contributed by atoms with Crippen molar-refractivity contribution in [2.45, 2.75) is 40.5 Å². The summed E-state index contributed by atoms with van der Waals surface area (Å²) in [6.07, 6.45) is 8.21. The van der Waals surface area contributed by atoms with Crippen molar-refractivity contribution >= 4 is 5.91 Å². The van der Waals surface area contributed by atoms with Gasteiger partial charge in [-0.2, -0.15) is 0 Å². The van der Waals surface area contributed by atoms with Crippen molar-refractivity contribution in [2.24, 2.45) is 17.6 Å². The minimum Gasteiger partial charge on any atom is -0.366 e. The van der Waals surface area contributed by atoms with Gasteiger partial charge in [0, 0.05) is 5.57 Å². The van der Waals surface area contributed by atoms with Crippen LogP contribution in [-0.2, 0) is 4.79 Å². The van der Waals surface area contributed by atoms with Crippen LogP contribution < -0.4 is 5.73 Å². The Morgan fingerprint density at radius 1 is 1.33 bits per heavy atom. The number of hydrogen-bond acceptors (Lipinski definition) is 1. The van der Waals surface area contributed by atoms with Gasteiger partial charge in [-0.25, -0.2) is 0 Å². The molecule has 0 saturated heterocycles. The lowest BCUT2D eigenvalue weighted by Gasteiger charge is -2.16. The lowest BCUT2D eigenvalue weighted by Crippen LogP contribution is -2.11. The van der Waals surface area contributed by atoms with Crippen LogP contribution in [0.4, 0.5) is 0 Å². The Hall–Kier alpha value is -1.05. The molecule has 0 aromatic carbocycles. The summed E-state index contributed by atoms with van der Waals surface area (Å²) in [6, 6.07) is 0. The number of amides is 1. The molecule has 0 radical (unpaired) electrons. The van der Waals surface area contributed by atoms with Crippen molar-refractivity contribution < 1.29 is 4.79 Å². The van der Waals surface area contributed by atoms with Crippen LogP contribution in [0.2, 0.25) is 0 Å². The van der Waals surface area contributed by atoms with Crippen molar-refractivity contribution in [1.82, 2.24) is 0 Å². The summed E-state index contributed by atoms with van der Waals surface area (Å²) < 4.78 is 0. The van der Waals surface area contributed by atoms with E-state index in [9.17, 15) is 4.79 Å². The van der Waals surface area contributed by atoms with Gasteiger partial charge in [-0.1, -0.05) is 45.4 Å². The molecule has 0 fully saturated rings. The third-order valence-corrected chi connectivity index (χ3v) is 2.94. The summed E-state index contributed by atoms with van der Waals surface area (Å²) in [4.78, 5) is 10.8. The van der Waals surface area contributed by atoms with E-state index >= 15 is 0 Å². The highest BCUT2D eigenvalue weighted by molar-refractivity contribution is 5.91. The van der Waals surface area contributed by atoms with E-state index in [2.05, 4.69) is 26.8 Å². The first-order valence-electron chi connectivity index (χ1n) is 5.67. The van der Waals surface area contributed by atoms with Crippen molar-refractivity contribution in [3.05, 3.63) is 23.8 Å². The molecule has 0 aromatic heterocycles. The highest BCUT2D eigenvalue weighted by Gasteiger charge is 2.09. The van der Waals surface area contributed by atoms with Gasteiger partial charge in [0.25, 0.3) is 0 Å². The molecular formula is C13H23NO. The average Bonchev–Trinajstić information content (AvgIpc) is 2.22. The Kier molecular flexibility index (Phi) is 6.76. The largest absolute Gasteiger partial charge is 0.366 e. The lowest BCUT2D eigenvalue weighted by molar-refractivity contribution is -0.114. The minimum atomic E-state index is -0.351. The van der Waals surface area contributed by atoms with Crippen LogP contribution in [0.1, 0.15) is 40.5 Å². The molecule has 86 valence electrons. The number of allylic oxidation sites excluding steroid dienone is 3. The van der Waals surface area contributed by atoms with Crippen LogP contribution >= 0.6 is 0 Å². The zero-order chi connectivity index (χ0) is 11.8. The molecule has 0 saturated carbocycles. The second-order valence-electron chi connectivity index (χ2n) is 4.06. The number of hydrogen-bond donors (Lipinski definition) is 1. The van der Waals surface area contributed by atoms with Gasteiger partial charge >= 0.3 is 0 Å². The van der Waals surface area contributed by atoms with Crippen LogP contribution in [0.5, 0.6) is 0 Å². The first-order valence-corrected chi connectivity index (χ1v) is 5.67. The second-order valence-corrected chi connectivity index (χ2v) is 4.06. The Balaban J connectivity index is 4.36. The van der Waals surface area contributed by atoms with Crippen molar-refractivity contribution in [1.29, 1.82) is 0 Å². The van der Waals surface area contributed by atoms with E-state index in [0.717, 1.165) is 6.42 Å². The molecule has 2 unspecified atom stereocenters. The molecule has 0 aliphatic heterocycles. The van der Waals surface area contributed by atoms with E-state index in [1.54, 1.807) is 13.0 Å². The van der Waals surface area contributed by atoms with Gasteiger partial charge in [-0.15, -0.1) is 0 Å². The fourth-order valence-electron chi connectivity index (χ4n) is 1.46. The summed E-state index contributed by atoms with van der Waals surface area (Å²) in [6.45, 7) is 8.37. The first-order chi connectivity index (χ1) is 7.02. The summed E-state index contributed by atoms with van der Waals surface area (Å²) in [7, 11) is 0. The second kappa shape index (κ2) is 7.27. The van der Waals surface area contributed by atoms with Gasteiger partial charge in [0.15, 0.2) is 0 Å². The van der Waals surface area contributed by atoms with Crippen molar-refractivity contribution in [3.8, 4) is 0 Å². The SMILES string of the molecule is CCC(C)C(/C=C\C=C(/C)C(N)=O)CC. The molecular weight excluding hydrogens is 186 g/mol. The van der Waals surface area contributed by atoms with Crippen LogP contribution in [-0.4, -0.2) is 5.91 Å². The van der Waals surface area contributed by atoms with Crippen LogP contribution in [0.15, 0.2) is 23.8 Å². The van der Waals surface area contributed by atoms with Crippen molar-refractivity contribution in [3.63, 3.8) is 0 Å². The molecule has 0 rings (SSSR count). The standard InChI is InChI=1S/C13H23NO/c1-5-10(3)12(6-2)9-7-8-11(4)13(14)15/h7-10,12H,5-6H2,1-4H3,(H2,14,15)/b9-7-,11-8+. The minimum absolute atomic E-state index is 0.351. The zero-order valence-corrected chi connectivity index (χ0v) is 10.3. The Bertz CT molecular complexity index is 253. The van der Waals surface area contributed by atoms with Gasteiger partial charge in [-0.05, 0) is 25.2 Å². The fourth-order valence-corrected chi connectivity index (χ4v) is 1.46. The molecule has 0 bridgehead atoms. The molecule has 0 aliphatic carbocycles. The lowest BCUT2D eigenvalue weighted by atomic mass is 9.89. The van der Waals surface area contributed by atoms with Crippen LogP contribution in [0, 0.1) is 11.8 Å². The normalized spacial score (nSPS) is 16.7. The van der Waals surface area contributed by atoms with Gasteiger partial charge in [0.2, 0.25) is 5.91 Å². The summed E-state index contributed by atoms with van der Waals surface area (Å²) >= 11 is 0. The van der Waals surface area contributed by atoms with Gasteiger partial charge in [-0.3, -0.25) is 4.79 Å². The zero-order valence-electron chi connectivity index (χ0n) is 10.3. The molecule has 0 aliphatic rings. The molecule has 2 heteroatoms. The third kappa shape index (κ3) is 5.40. The molecule has 0 spiro atoms. The van der Waals surface area contributed by atoms with Gasteiger partial charge in [0.1, 0.15) is 0 Å². The molecule has 1 amide bonds. The topological polar surface area (TPSA) is 43.1 Å². The van der Waals surface area contributed by atoms with Gasteiger partial charge < -0.3 is 5.73 Å². The maximum atomic E-state index is 10.8. The monoisotopic (exact) mass is 209 g/mol. The number of primary amides is 1. The predicted octanol–water partition coefficient (Wildman–Crippen LogP) is 3.05. The van der Waals surface area contributed by atoms with E-state index < -0.39 is 0 Å². The molecule has 0 heterocycles. The quantitative estimate of drug-likeness (QED) is 0.530. The maximum Gasteiger partial charge on any atom is 0.244 e. The van der Waals surface area contributed by atoms with Crippen LogP contribution in [0.3, 0.4) is 0 Å². The molecule has 2 atom stereocenters. The number of rotatable bonds is 6. The summed E-state index contributed by atoms with van der Waals surface area (Å²) in [5, 5.41) is 0. The molecule has 0 aromatic rings. The highest BCUT2D eigenvalue weighted by Crippen LogP contribution is 2.19. The number of carbonyl (C=O) groups excluding carboxylic acids is 1. The molecule has 2 N–H and O–H groups in total. The fraction of sp³-hybridized carbons (Fsp3) is 0.615. The summed E-state index contributed by atoms with van der Waals surface area (Å²) in [5.41, 5.74) is 5.73. The van der Waals surface area contributed by atoms with E-state index in [1.807, 2.05) is 6.08 Å². The van der Waals surface area contributed by atoms with Crippen molar-refractivity contribution in [2.75, 3.05) is 0 Å².